The highest BCUT2D eigenvalue weighted by molar-refractivity contribution is 5.12. The van der Waals surface area contributed by atoms with Crippen LogP contribution in [0.5, 0.6) is 0 Å². The molecule has 4 rings (SSSR count). The van der Waals surface area contributed by atoms with Gasteiger partial charge in [0.2, 0.25) is 0 Å². The molecule has 0 amide bonds. The van der Waals surface area contributed by atoms with E-state index < -0.39 is 74.2 Å². The summed E-state index contributed by atoms with van der Waals surface area (Å²) in [4.78, 5) is 0. The molecule has 0 aromatic rings. The van der Waals surface area contributed by atoms with E-state index in [4.69, 9.17) is 31.8 Å². The summed E-state index contributed by atoms with van der Waals surface area (Å²) in [5, 5.41) is 0. The van der Waals surface area contributed by atoms with Crippen molar-refractivity contribution in [2.24, 2.45) is 22.5 Å². The van der Waals surface area contributed by atoms with E-state index in [9.17, 15) is 0 Å². The highest BCUT2D eigenvalue weighted by atomic mass is 14.8. The molecule has 4 fully saturated rings. The molecule has 0 saturated heterocycles. The molecule has 4 bridgehead atoms. The third kappa shape index (κ3) is 1.09. The van der Waals surface area contributed by atoms with Crippen LogP contribution in [0.4, 0.5) is 0 Å². The average molecular weight is 198 g/mol. The van der Waals surface area contributed by atoms with Crippen LogP contribution in [-0.2, 0) is 0 Å². The molecule has 4 saturated carbocycles. The number of nitrogens with two attached hydrogens (primary N) is 1. The Labute approximate surface area is 108 Å². The maximum Gasteiger partial charge on any atom is 0.0304 e. The predicted octanol–water partition coefficient (Wildman–Crippen LogP) is 2.69. The van der Waals surface area contributed by atoms with Crippen molar-refractivity contribution in [3.63, 3.8) is 0 Å². The summed E-state index contributed by atoms with van der Waals surface area (Å²) >= 11 is 0. The molecule has 1 heteroatoms. The molecule has 2 atom stereocenters. The predicted molar refractivity (Wildman–Crippen MR) is 54.3 cm³/mol. The summed E-state index contributed by atoms with van der Waals surface area (Å²) in [7, 11) is 0. The van der Waals surface area contributed by atoms with Crippen LogP contribution in [0.1, 0.15) is 78.0 Å². The van der Waals surface area contributed by atoms with Gasteiger partial charge in [0, 0.05) is 31.6 Å². The molecule has 0 aromatic heterocycles. The van der Waals surface area contributed by atoms with Crippen molar-refractivity contribution >= 4 is 0 Å². The van der Waals surface area contributed by atoms with Gasteiger partial charge in [-0.2, -0.15) is 0 Å². The second-order valence-corrected chi connectivity index (χ2v) is 3.43. The van der Waals surface area contributed by atoms with Crippen molar-refractivity contribution in [1.82, 2.24) is 0 Å². The van der Waals surface area contributed by atoms with E-state index in [2.05, 4.69) is 0 Å². The molecule has 13 heavy (non-hydrogen) atoms. The molecule has 2 unspecified atom stereocenters. The van der Waals surface area contributed by atoms with Gasteiger partial charge in [0.1, 0.15) is 0 Å². The van der Waals surface area contributed by atoms with E-state index >= 15 is 0 Å². The second kappa shape index (κ2) is 1.98. The molecule has 0 aliphatic heterocycles. The number of hydrogen-bond acceptors (Lipinski definition) is 1. The maximum atomic E-state index is 8.68. The molecule has 74 valence electrons. The van der Waals surface area contributed by atoms with Gasteiger partial charge in [0.25, 0.3) is 0 Å². The van der Waals surface area contributed by atoms with E-state index in [0.717, 1.165) is 0 Å². The first kappa shape index (κ1) is 1.61. The van der Waals surface area contributed by atoms with Crippen molar-refractivity contribution in [2.45, 2.75) is 57.5 Å². The molecule has 4 aliphatic carbocycles. The van der Waals surface area contributed by atoms with E-state index in [-0.39, 0.29) is 0 Å². The Balaban J connectivity index is 2.89. The van der Waals surface area contributed by atoms with E-state index in [1.54, 1.807) is 0 Å². The summed E-state index contributed by atoms with van der Waals surface area (Å²) in [5.41, 5.74) is -6.56. The van der Waals surface area contributed by atoms with Crippen LogP contribution in [0.15, 0.2) is 0 Å². The van der Waals surface area contributed by atoms with Gasteiger partial charge in [0.15, 0.2) is 0 Å². The molecule has 0 spiro atoms. The molecular weight excluding hydrogens is 158 g/mol. The highest BCUT2D eigenvalue weighted by Crippen LogP contribution is 2.65. The number of hydrogen-bond donors (Lipinski definition) is 1. The smallest absolute Gasteiger partial charge is 0.0304 e. The quantitative estimate of drug-likeness (QED) is 0.636. The van der Waals surface area contributed by atoms with E-state index in [1.807, 2.05) is 0 Å². The van der Waals surface area contributed by atoms with Crippen LogP contribution >= 0.6 is 0 Å². The van der Waals surface area contributed by atoms with Crippen LogP contribution in [0.3, 0.4) is 0 Å². The van der Waals surface area contributed by atoms with Crippen molar-refractivity contribution < 1.29 is 26.0 Å². The summed E-state index contributed by atoms with van der Waals surface area (Å²) < 4.78 is 158. The minimum absolute atomic E-state index is 3.97. The van der Waals surface area contributed by atoms with Crippen LogP contribution in [0, 0.1) is 16.7 Å². The molecule has 2 N–H and O–H groups in total. The van der Waals surface area contributed by atoms with Crippen molar-refractivity contribution in [1.29, 1.82) is 0 Å². The first-order chi connectivity index (χ1) is 13.5. The lowest BCUT2D eigenvalue weighted by molar-refractivity contribution is -0.104. The Morgan fingerprint density at radius 2 is 1.85 bits per heavy atom. The highest BCUT2D eigenvalue weighted by Gasteiger charge is 2.58. The average Bonchev–Trinajstić information content (AvgIpc) is 2.44. The third-order valence-corrected chi connectivity index (χ3v) is 2.09. The van der Waals surface area contributed by atoms with Crippen molar-refractivity contribution in [3.05, 3.63) is 0 Å². The van der Waals surface area contributed by atoms with Crippen molar-refractivity contribution in [3.8, 4) is 0 Å². The zero-order valence-electron chi connectivity index (χ0n) is 25.6. The van der Waals surface area contributed by atoms with E-state index in [1.165, 1.54) is 0 Å². The van der Waals surface area contributed by atoms with Gasteiger partial charge in [-0.3, -0.25) is 0 Å². The van der Waals surface area contributed by atoms with Crippen molar-refractivity contribution in [2.75, 3.05) is 0 Å². The van der Waals surface area contributed by atoms with Gasteiger partial charge >= 0.3 is 0 Å². The second-order valence-electron chi connectivity index (χ2n) is 3.43. The normalized spacial score (nSPS) is 117. The Bertz CT molecular complexity index is 774. The van der Waals surface area contributed by atoms with Gasteiger partial charge in [-0.1, -0.05) is 13.7 Å². The first-order valence-corrected chi connectivity index (χ1v) is 3.79. The zero-order chi connectivity index (χ0) is 26.0. The Hall–Kier alpha value is -0.0400. The van der Waals surface area contributed by atoms with Gasteiger partial charge in [0.05, 0.1) is 0 Å². The topological polar surface area (TPSA) is 26.0 Å². The maximum absolute atomic E-state index is 8.68. The standard InChI is InChI=1S/C12H21N/c1-10-3-9-4-11(2,6-10)8-12(13,5-9)7-10/h9H,3-8,13H2,1-2H3/i1D3,2D3,3D2,4D2,5D2,6D2,7D2,8D2,9D. The molecular formula is C12H21N. The molecule has 0 aromatic carbocycles. The molecule has 0 radical (unpaired) electrons. The van der Waals surface area contributed by atoms with Gasteiger partial charge in [-0.25, -0.2) is 0 Å². The SMILES string of the molecule is [2H]C([2H])([2H])C12C([2H])([2H])C3([2H])C([2H])([2H])C(N)(C1([2H])[2H])C([2H])([2H])C(C([2H])([2H])[2H])(C3([2H])[2H])C2([2H])[2H]. The lowest BCUT2D eigenvalue weighted by Crippen LogP contribution is -2.62. The van der Waals surface area contributed by atoms with E-state index in [0.29, 0.717) is 0 Å². The molecule has 0 heterocycles. The molecule has 4 aliphatic rings. The fourth-order valence-corrected chi connectivity index (χ4v) is 1.82. The van der Waals surface area contributed by atoms with Crippen LogP contribution in [0.2, 0.25) is 0 Å². The number of rotatable bonds is 0. The third-order valence-electron chi connectivity index (χ3n) is 2.09. The monoisotopic (exact) mass is 198 g/mol. The zero-order valence-corrected chi connectivity index (χ0v) is 6.58. The van der Waals surface area contributed by atoms with Gasteiger partial charge < -0.3 is 5.73 Å². The first-order valence-electron chi connectivity index (χ1n) is 13.3. The fraction of sp³-hybridized carbons (Fsp3) is 1.00. The minimum atomic E-state index is -4.37. The van der Waals surface area contributed by atoms with Crippen LogP contribution in [0.25, 0.3) is 0 Å². The summed E-state index contributed by atoms with van der Waals surface area (Å²) in [6.45, 7) is -8.33. The van der Waals surface area contributed by atoms with Gasteiger partial charge in [-0.05, 0) is 55.0 Å². The summed E-state index contributed by atoms with van der Waals surface area (Å²) in [5.74, 6) is -4.16. The summed E-state index contributed by atoms with van der Waals surface area (Å²) in [6, 6.07) is 0. The van der Waals surface area contributed by atoms with Gasteiger partial charge in [-0.15, -0.1) is 0 Å². The van der Waals surface area contributed by atoms with Crippen LogP contribution in [-0.4, -0.2) is 5.54 Å². The summed E-state index contributed by atoms with van der Waals surface area (Å²) in [6.07, 6.45) is -25.3. The fourth-order valence-electron chi connectivity index (χ4n) is 1.82. The lowest BCUT2D eigenvalue weighted by atomic mass is 9.43. The largest absolute Gasteiger partial charge is 0.325 e. The lowest BCUT2D eigenvalue weighted by Gasteiger charge is -2.64. The minimum Gasteiger partial charge on any atom is -0.325 e. The molecule has 1 nitrogen and oxygen atoms in total. The van der Waals surface area contributed by atoms with Crippen LogP contribution < -0.4 is 5.73 Å². The Morgan fingerprint density at radius 3 is 2.38 bits per heavy atom. The Kier molecular flexibility index (Phi) is 0.244. The Morgan fingerprint density at radius 1 is 1.23 bits per heavy atom.